The molecule has 124 valence electrons. The summed E-state index contributed by atoms with van der Waals surface area (Å²) >= 11 is 1.65. The predicted molar refractivity (Wildman–Crippen MR) is 94.6 cm³/mol. The van der Waals surface area contributed by atoms with E-state index in [4.69, 9.17) is 5.73 Å². The van der Waals surface area contributed by atoms with Crippen molar-refractivity contribution in [3.8, 4) is 0 Å². The summed E-state index contributed by atoms with van der Waals surface area (Å²) in [4.78, 5) is 24.2. The van der Waals surface area contributed by atoms with Crippen molar-refractivity contribution in [1.29, 1.82) is 0 Å². The summed E-state index contributed by atoms with van der Waals surface area (Å²) in [5.41, 5.74) is 5.96. The first-order chi connectivity index (χ1) is 10.2. The molecule has 1 aromatic rings. The molecular weight excluding hydrogens is 322 g/mol. The standard InChI is InChI=1S/C15H23N3O2S.ClH/c1-21-11-8-13(15(20)17-10-5-9-16)18-14(19)12-6-3-2-4-7-12;/h2-4,6-7,13H,5,8-11,16H2,1H3,(H,17,20)(H,18,19);1H. The van der Waals surface area contributed by atoms with Crippen LogP contribution in [0.1, 0.15) is 23.2 Å². The van der Waals surface area contributed by atoms with Gasteiger partial charge in [-0.2, -0.15) is 11.8 Å². The van der Waals surface area contributed by atoms with Crippen LogP contribution >= 0.6 is 24.2 Å². The molecule has 0 fully saturated rings. The molecule has 5 nitrogen and oxygen atoms in total. The van der Waals surface area contributed by atoms with Gasteiger partial charge in [-0.25, -0.2) is 0 Å². The van der Waals surface area contributed by atoms with Gasteiger partial charge in [-0.15, -0.1) is 12.4 Å². The Kier molecular flexibility index (Phi) is 11.6. The fraction of sp³-hybridized carbons (Fsp3) is 0.467. The van der Waals surface area contributed by atoms with Crippen molar-refractivity contribution in [3.05, 3.63) is 35.9 Å². The van der Waals surface area contributed by atoms with Gasteiger partial charge in [0.15, 0.2) is 0 Å². The highest BCUT2D eigenvalue weighted by Crippen LogP contribution is 2.04. The molecule has 0 spiro atoms. The van der Waals surface area contributed by atoms with Crippen LogP contribution in [0, 0.1) is 0 Å². The Morgan fingerprint density at radius 2 is 1.95 bits per heavy atom. The average molecular weight is 346 g/mol. The summed E-state index contributed by atoms with van der Waals surface area (Å²) in [6.45, 7) is 1.07. The largest absolute Gasteiger partial charge is 0.354 e. The van der Waals surface area contributed by atoms with Gasteiger partial charge in [-0.05, 0) is 43.5 Å². The van der Waals surface area contributed by atoms with Crippen LogP contribution in [0.15, 0.2) is 30.3 Å². The van der Waals surface area contributed by atoms with Crippen LogP contribution < -0.4 is 16.4 Å². The van der Waals surface area contributed by atoms with Crippen LogP contribution in [0.2, 0.25) is 0 Å². The third-order valence-corrected chi connectivity index (χ3v) is 3.59. The zero-order valence-electron chi connectivity index (χ0n) is 12.7. The zero-order valence-corrected chi connectivity index (χ0v) is 14.3. The first-order valence-corrected chi connectivity index (χ1v) is 8.41. The minimum Gasteiger partial charge on any atom is -0.354 e. The van der Waals surface area contributed by atoms with Crippen molar-refractivity contribution >= 4 is 36.0 Å². The molecule has 2 amide bonds. The van der Waals surface area contributed by atoms with Crippen LogP contribution in [-0.4, -0.2) is 43.0 Å². The third-order valence-electron chi connectivity index (χ3n) is 2.95. The molecule has 7 heteroatoms. The van der Waals surface area contributed by atoms with Crippen molar-refractivity contribution in [3.63, 3.8) is 0 Å². The van der Waals surface area contributed by atoms with Gasteiger partial charge in [0.25, 0.3) is 5.91 Å². The minimum atomic E-state index is -0.511. The number of thioether (sulfide) groups is 1. The van der Waals surface area contributed by atoms with E-state index >= 15 is 0 Å². The molecule has 4 N–H and O–H groups in total. The molecule has 0 aliphatic heterocycles. The fourth-order valence-corrected chi connectivity index (χ4v) is 2.24. The lowest BCUT2D eigenvalue weighted by atomic mass is 10.1. The van der Waals surface area contributed by atoms with Gasteiger partial charge < -0.3 is 16.4 Å². The Morgan fingerprint density at radius 1 is 1.27 bits per heavy atom. The topological polar surface area (TPSA) is 84.2 Å². The van der Waals surface area contributed by atoms with E-state index in [0.29, 0.717) is 25.1 Å². The molecule has 0 aliphatic carbocycles. The van der Waals surface area contributed by atoms with Crippen molar-refractivity contribution < 1.29 is 9.59 Å². The predicted octanol–water partition coefficient (Wildman–Crippen LogP) is 1.42. The summed E-state index contributed by atoms with van der Waals surface area (Å²) in [6, 6.07) is 8.39. The first-order valence-electron chi connectivity index (χ1n) is 7.01. The molecule has 0 radical (unpaired) electrons. The normalized spacial score (nSPS) is 11.2. The SMILES string of the molecule is CSCCC(NC(=O)c1ccccc1)C(=O)NCCCN.Cl. The van der Waals surface area contributed by atoms with Gasteiger partial charge in [0.05, 0.1) is 0 Å². The van der Waals surface area contributed by atoms with Crippen molar-refractivity contribution in [2.75, 3.05) is 25.1 Å². The second kappa shape index (κ2) is 12.3. The molecule has 0 saturated carbocycles. The number of hydrogen-bond acceptors (Lipinski definition) is 4. The van der Waals surface area contributed by atoms with Gasteiger partial charge in [-0.3, -0.25) is 9.59 Å². The maximum atomic E-state index is 12.1. The Morgan fingerprint density at radius 3 is 2.55 bits per heavy atom. The number of amides is 2. The third kappa shape index (κ3) is 7.68. The van der Waals surface area contributed by atoms with Crippen LogP contribution in [0.3, 0.4) is 0 Å². The maximum Gasteiger partial charge on any atom is 0.251 e. The van der Waals surface area contributed by atoms with Crippen LogP contribution in [0.25, 0.3) is 0 Å². The van der Waals surface area contributed by atoms with Gasteiger partial charge in [0.2, 0.25) is 5.91 Å². The molecule has 0 aromatic heterocycles. The highest BCUT2D eigenvalue weighted by molar-refractivity contribution is 7.98. The summed E-state index contributed by atoms with van der Waals surface area (Å²) in [6.07, 6.45) is 3.31. The Hall–Kier alpha value is -1.24. The Labute approximate surface area is 142 Å². The lowest BCUT2D eigenvalue weighted by molar-refractivity contribution is -0.123. The highest BCUT2D eigenvalue weighted by atomic mass is 35.5. The van der Waals surface area contributed by atoms with Crippen molar-refractivity contribution in [2.24, 2.45) is 5.73 Å². The van der Waals surface area contributed by atoms with E-state index in [1.165, 1.54) is 0 Å². The second-order valence-electron chi connectivity index (χ2n) is 4.61. The maximum absolute atomic E-state index is 12.1. The molecular formula is C15H24ClN3O2S. The summed E-state index contributed by atoms with van der Waals surface area (Å²) in [5, 5.41) is 5.61. The summed E-state index contributed by atoms with van der Waals surface area (Å²) in [7, 11) is 0. The highest BCUT2D eigenvalue weighted by Gasteiger charge is 2.20. The molecule has 1 rings (SSSR count). The van der Waals surface area contributed by atoms with Gasteiger partial charge >= 0.3 is 0 Å². The molecule has 1 aromatic carbocycles. The van der Waals surface area contributed by atoms with E-state index in [1.54, 1.807) is 36.0 Å². The quantitative estimate of drug-likeness (QED) is 0.591. The van der Waals surface area contributed by atoms with Crippen LogP contribution in [-0.2, 0) is 4.79 Å². The van der Waals surface area contributed by atoms with Crippen LogP contribution in [0.5, 0.6) is 0 Å². The molecule has 0 saturated heterocycles. The van der Waals surface area contributed by atoms with Gasteiger partial charge in [-0.1, -0.05) is 18.2 Å². The molecule has 22 heavy (non-hydrogen) atoms. The lowest BCUT2D eigenvalue weighted by Gasteiger charge is -2.18. The molecule has 0 aliphatic rings. The number of halogens is 1. The zero-order chi connectivity index (χ0) is 15.5. The molecule has 1 atom stereocenters. The van der Waals surface area contributed by atoms with E-state index in [0.717, 1.165) is 12.2 Å². The smallest absolute Gasteiger partial charge is 0.251 e. The summed E-state index contributed by atoms with van der Waals surface area (Å²) in [5.74, 6) is 0.432. The monoisotopic (exact) mass is 345 g/mol. The van der Waals surface area contributed by atoms with Crippen molar-refractivity contribution in [2.45, 2.75) is 18.9 Å². The second-order valence-corrected chi connectivity index (χ2v) is 5.59. The number of carbonyl (C=O) groups is 2. The van der Waals surface area contributed by atoms with E-state index in [-0.39, 0.29) is 24.2 Å². The van der Waals surface area contributed by atoms with Gasteiger partial charge in [0, 0.05) is 12.1 Å². The lowest BCUT2D eigenvalue weighted by Crippen LogP contribution is -2.47. The van der Waals surface area contributed by atoms with E-state index < -0.39 is 6.04 Å². The van der Waals surface area contributed by atoms with Gasteiger partial charge in [0.1, 0.15) is 6.04 Å². The molecule has 1 unspecified atom stereocenters. The van der Waals surface area contributed by atoms with E-state index in [2.05, 4.69) is 10.6 Å². The van der Waals surface area contributed by atoms with E-state index in [1.807, 2.05) is 12.3 Å². The van der Waals surface area contributed by atoms with Crippen molar-refractivity contribution in [1.82, 2.24) is 10.6 Å². The number of benzene rings is 1. The van der Waals surface area contributed by atoms with E-state index in [9.17, 15) is 9.59 Å². The number of nitrogens with one attached hydrogen (secondary N) is 2. The number of hydrogen-bond donors (Lipinski definition) is 3. The molecule has 0 bridgehead atoms. The first kappa shape index (κ1) is 20.8. The average Bonchev–Trinajstić information content (AvgIpc) is 2.52. The Bertz CT molecular complexity index is 446. The summed E-state index contributed by atoms with van der Waals surface area (Å²) < 4.78 is 0. The number of rotatable bonds is 9. The minimum absolute atomic E-state index is 0. The number of carbonyl (C=O) groups excluding carboxylic acids is 2. The molecule has 0 heterocycles. The number of nitrogens with two attached hydrogens (primary N) is 1. The fourth-order valence-electron chi connectivity index (χ4n) is 1.77. The Balaban J connectivity index is 0.00000441. The van der Waals surface area contributed by atoms with Crippen LogP contribution in [0.4, 0.5) is 0 Å².